The van der Waals surface area contributed by atoms with Crippen molar-refractivity contribution in [3.8, 4) is 0 Å². The molecule has 1 heterocycles. The molecule has 5 heteroatoms. The lowest BCUT2D eigenvalue weighted by Gasteiger charge is -2.14. The van der Waals surface area contributed by atoms with Gasteiger partial charge in [-0.3, -0.25) is 15.1 Å². The molecule has 14 heavy (non-hydrogen) atoms. The number of hydrogen-bond acceptors (Lipinski definition) is 4. The van der Waals surface area contributed by atoms with Gasteiger partial charge in [0.15, 0.2) is 0 Å². The van der Waals surface area contributed by atoms with E-state index in [1.54, 1.807) is 19.9 Å². The zero-order valence-corrected chi connectivity index (χ0v) is 8.04. The molecular formula is C9H12N2O3. The molecule has 1 aromatic heterocycles. The van der Waals surface area contributed by atoms with Crippen LogP contribution in [0.25, 0.3) is 0 Å². The van der Waals surface area contributed by atoms with Crippen molar-refractivity contribution in [1.29, 1.82) is 0 Å². The fraction of sp³-hybridized carbons (Fsp3) is 0.444. The molecule has 1 rings (SSSR count). The first-order valence-corrected chi connectivity index (χ1v) is 4.30. The maximum Gasteiger partial charge on any atom is 0.291 e. The summed E-state index contributed by atoms with van der Waals surface area (Å²) < 4.78 is 0. The smallest absolute Gasteiger partial charge is 0.291 e. The lowest BCUT2D eigenvalue weighted by molar-refractivity contribution is -0.386. The van der Waals surface area contributed by atoms with Crippen LogP contribution in [0, 0.1) is 10.1 Å². The van der Waals surface area contributed by atoms with E-state index in [1.807, 2.05) is 0 Å². The highest BCUT2D eigenvalue weighted by Gasteiger charge is 2.21. The molecule has 0 spiro atoms. The Balaban J connectivity index is 3.13. The van der Waals surface area contributed by atoms with Gasteiger partial charge in [0, 0.05) is 17.7 Å². The Hall–Kier alpha value is -1.49. The van der Waals surface area contributed by atoms with E-state index >= 15 is 0 Å². The third-order valence-corrected chi connectivity index (χ3v) is 2.24. The molecule has 0 aliphatic carbocycles. The van der Waals surface area contributed by atoms with E-state index in [4.69, 9.17) is 0 Å². The molecule has 2 unspecified atom stereocenters. The third kappa shape index (κ3) is 2.05. The van der Waals surface area contributed by atoms with Gasteiger partial charge in [-0.15, -0.1) is 0 Å². The maximum absolute atomic E-state index is 10.6. The molecule has 0 aliphatic rings. The van der Waals surface area contributed by atoms with E-state index in [-0.39, 0.29) is 11.6 Å². The van der Waals surface area contributed by atoms with Gasteiger partial charge in [-0.05, 0) is 13.0 Å². The summed E-state index contributed by atoms with van der Waals surface area (Å²) in [4.78, 5) is 13.8. The Morgan fingerprint density at radius 1 is 1.57 bits per heavy atom. The van der Waals surface area contributed by atoms with Crippen LogP contribution in [0.4, 0.5) is 5.69 Å². The van der Waals surface area contributed by atoms with Gasteiger partial charge in [0.1, 0.15) is 6.20 Å². The number of pyridine rings is 1. The highest BCUT2D eigenvalue weighted by molar-refractivity contribution is 5.39. The SMILES string of the molecule is CC(O)C(C)c1ccncc1[N+](=O)[O-]. The van der Waals surface area contributed by atoms with Crippen LogP contribution in [0.5, 0.6) is 0 Å². The number of hydrogen-bond donors (Lipinski definition) is 1. The van der Waals surface area contributed by atoms with Crippen LogP contribution in [-0.4, -0.2) is 21.1 Å². The summed E-state index contributed by atoms with van der Waals surface area (Å²) in [5, 5.41) is 20.0. The number of aromatic nitrogens is 1. The Morgan fingerprint density at radius 3 is 2.71 bits per heavy atom. The van der Waals surface area contributed by atoms with E-state index in [9.17, 15) is 15.2 Å². The van der Waals surface area contributed by atoms with Gasteiger partial charge < -0.3 is 5.11 Å². The molecule has 0 aromatic carbocycles. The van der Waals surface area contributed by atoms with Gasteiger partial charge in [0.25, 0.3) is 5.69 Å². The Bertz CT molecular complexity index is 339. The summed E-state index contributed by atoms with van der Waals surface area (Å²) in [6.45, 7) is 3.35. The minimum atomic E-state index is -0.615. The van der Waals surface area contributed by atoms with Crippen molar-refractivity contribution in [1.82, 2.24) is 4.98 Å². The van der Waals surface area contributed by atoms with Crippen LogP contribution in [0.15, 0.2) is 18.5 Å². The van der Waals surface area contributed by atoms with Gasteiger partial charge in [-0.2, -0.15) is 0 Å². The van der Waals surface area contributed by atoms with Gasteiger partial charge >= 0.3 is 0 Å². The average Bonchev–Trinajstić information content (AvgIpc) is 2.16. The lowest BCUT2D eigenvalue weighted by Crippen LogP contribution is -2.12. The van der Waals surface area contributed by atoms with Crippen LogP contribution >= 0.6 is 0 Å². The zero-order chi connectivity index (χ0) is 10.7. The molecule has 0 aliphatic heterocycles. The molecular weight excluding hydrogens is 184 g/mol. The van der Waals surface area contributed by atoms with E-state index in [0.29, 0.717) is 5.56 Å². The molecule has 0 bridgehead atoms. The monoisotopic (exact) mass is 196 g/mol. The summed E-state index contributed by atoms with van der Waals surface area (Å²) in [6.07, 6.45) is 2.08. The standard InChI is InChI=1S/C9H12N2O3/c1-6(7(2)12)8-3-4-10-5-9(8)11(13)14/h3-7,12H,1-2H3. The van der Waals surface area contributed by atoms with E-state index in [1.165, 1.54) is 12.4 Å². The third-order valence-electron chi connectivity index (χ3n) is 2.24. The fourth-order valence-electron chi connectivity index (χ4n) is 1.19. The van der Waals surface area contributed by atoms with Crippen molar-refractivity contribution in [2.75, 3.05) is 0 Å². The van der Waals surface area contributed by atoms with Crippen molar-refractivity contribution in [2.45, 2.75) is 25.9 Å². The number of rotatable bonds is 3. The average molecular weight is 196 g/mol. The van der Waals surface area contributed by atoms with Crippen LogP contribution in [0.2, 0.25) is 0 Å². The van der Waals surface area contributed by atoms with Gasteiger partial charge in [-0.1, -0.05) is 6.92 Å². The Morgan fingerprint density at radius 2 is 2.21 bits per heavy atom. The number of nitro groups is 1. The second-order valence-electron chi connectivity index (χ2n) is 3.22. The highest BCUT2D eigenvalue weighted by Crippen LogP contribution is 2.27. The first-order chi connectivity index (χ1) is 6.54. The molecule has 2 atom stereocenters. The first kappa shape index (κ1) is 10.6. The van der Waals surface area contributed by atoms with Crippen LogP contribution in [0.3, 0.4) is 0 Å². The molecule has 5 nitrogen and oxygen atoms in total. The van der Waals surface area contributed by atoms with Crippen LogP contribution in [-0.2, 0) is 0 Å². The van der Waals surface area contributed by atoms with E-state index < -0.39 is 11.0 Å². The number of nitrogens with zero attached hydrogens (tertiary/aromatic N) is 2. The van der Waals surface area contributed by atoms with Gasteiger partial charge in [-0.25, -0.2) is 0 Å². The summed E-state index contributed by atoms with van der Waals surface area (Å²) in [7, 11) is 0. The van der Waals surface area contributed by atoms with Crippen LogP contribution in [0.1, 0.15) is 25.3 Å². The summed E-state index contributed by atoms with van der Waals surface area (Å²) >= 11 is 0. The first-order valence-electron chi connectivity index (χ1n) is 4.30. The van der Waals surface area contributed by atoms with E-state index in [0.717, 1.165) is 0 Å². The fourth-order valence-corrected chi connectivity index (χ4v) is 1.19. The second kappa shape index (κ2) is 4.15. The maximum atomic E-state index is 10.6. The molecule has 1 N–H and O–H groups in total. The number of aliphatic hydroxyl groups excluding tert-OH is 1. The largest absolute Gasteiger partial charge is 0.393 e. The normalized spacial score (nSPS) is 14.8. The topological polar surface area (TPSA) is 76.3 Å². The molecule has 0 amide bonds. The Kier molecular flexibility index (Phi) is 3.14. The molecule has 0 saturated carbocycles. The summed E-state index contributed by atoms with van der Waals surface area (Å²) in [6, 6.07) is 1.56. The molecule has 76 valence electrons. The van der Waals surface area contributed by atoms with Crippen molar-refractivity contribution in [3.05, 3.63) is 34.1 Å². The minimum absolute atomic E-state index is 0.0408. The van der Waals surface area contributed by atoms with E-state index in [2.05, 4.69) is 4.98 Å². The van der Waals surface area contributed by atoms with Gasteiger partial charge in [0.2, 0.25) is 0 Å². The molecule has 0 saturated heterocycles. The number of aliphatic hydroxyl groups is 1. The predicted molar refractivity (Wildman–Crippen MR) is 51.0 cm³/mol. The van der Waals surface area contributed by atoms with Crippen molar-refractivity contribution < 1.29 is 10.0 Å². The van der Waals surface area contributed by atoms with Crippen molar-refractivity contribution >= 4 is 5.69 Å². The predicted octanol–water partition coefficient (Wildman–Crippen LogP) is 1.47. The molecule has 0 radical (unpaired) electrons. The zero-order valence-electron chi connectivity index (χ0n) is 8.04. The Labute approximate surface area is 81.6 Å². The van der Waals surface area contributed by atoms with Gasteiger partial charge in [0.05, 0.1) is 11.0 Å². The molecule has 1 aromatic rings. The minimum Gasteiger partial charge on any atom is -0.393 e. The lowest BCUT2D eigenvalue weighted by atomic mass is 9.96. The summed E-state index contributed by atoms with van der Waals surface area (Å²) in [5.41, 5.74) is 0.473. The summed E-state index contributed by atoms with van der Waals surface area (Å²) in [5.74, 6) is -0.265. The van der Waals surface area contributed by atoms with Crippen molar-refractivity contribution in [2.24, 2.45) is 0 Å². The second-order valence-corrected chi connectivity index (χ2v) is 3.22. The van der Waals surface area contributed by atoms with Crippen LogP contribution < -0.4 is 0 Å². The quantitative estimate of drug-likeness (QED) is 0.586. The highest BCUT2D eigenvalue weighted by atomic mass is 16.6. The van der Waals surface area contributed by atoms with Crippen molar-refractivity contribution in [3.63, 3.8) is 0 Å². The molecule has 0 fully saturated rings.